The van der Waals surface area contributed by atoms with Crippen molar-refractivity contribution in [3.8, 4) is 0 Å². The van der Waals surface area contributed by atoms with Crippen LogP contribution < -0.4 is 10.6 Å². The molecule has 1 aliphatic heterocycles. The second kappa shape index (κ2) is 8.76. The minimum absolute atomic E-state index is 0.0289. The number of amides is 3. The zero-order valence-corrected chi connectivity index (χ0v) is 17.7. The second-order valence-corrected chi connectivity index (χ2v) is 8.15. The number of para-hydroxylation sites is 1. The number of aromatic amines is 1. The van der Waals surface area contributed by atoms with Gasteiger partial charge in [0, 0.05) is 35.6 Å². The SMILES string of the molecule is CCC1(c2ccc(NC(=O)CCCc3c[nH]c4ccccc34)cc2)CCC(=O)NC1=O. The van der Waals surface area contributed by atoms with E-state index >= 15 is 0 Å². The first-order chi connectivity index (χ1) is 15.0. The molecule has 3 amide bonds. The molecule has 0 saturated carbocycles. The van der Waals surface area contributed by atoms with Crippen molar-refractivity contribution in [2.75, 3.05) is 5.32 Å². The summed E-state index contributed by atoms with van der Waals surface area (Å²) in [7, 11) is 0. The monoisotopic (exact) mass is 417 g/mol. The zero-order chi connectivity index (χ0) is 21.8. The Morgan fingerprint density at radius 2 is 1.87 bits per heavy atom. The fraction of sp³-hybridized carbons (Fsp3) is 0.320. The normalized spacial score (nSPS) is 18.7. The first-order valence-electron chi connectivity index (χ1n) is 10.8. The average molecular weight is 418 g/mol. The number of aromatic nitrogens is 1. The number of piperidine rings is 1. The van der Waals surface area contributed by atoms with Gasteiger partial charge in [-0.25, -0.2) is 0 Å². The van der Waals surface area contributed by atoms with Crippen LogP contribution in [0.5, 0.6) is 0 Å². The molecule has 6 nitrogen and oxygen atoms in total. The van der Waals surface area contributed by atoms with Gasteiger partial charge in [-0.15, -0.1) is 0 Å². The Labute approximate surface area is 181 Å². The fourth-order valence-electron chi connectivity index (χ4n) is 4.44. The predicted octanol–water partition coefficient (Wildman–Crippen LogP) is 4.21. The van der Waals surface area contributed by atoms with E-state index in [9.17, 15) is 14.4 Å². The number of aryl methyl sites for hydroxylation is 1. The predicted molar refractivity (Wildman–Crippen MR) is 121 cm³/mol. The average Bonchev–Trinajstić information content (AvgIpc) is 3.18. The topological polar surface area (TPSA) is 91.1 Å². The first kappa shape index (κ1) is 20.8. The van der Waals surface area contributed by atoms with Gasteiger partial charge in [0.05, 0.1) is 5.41 Å². The largest absolute Gasteiger partial charge is 0.361 e. The molecule has 1 atom stereocenters. The van der Waals surface area contributed by atoms with E-state index in [1.807, 2.05) is 55.6 Å². The van der Waals surface area contributed by atoms with Crippen molar-refractivity contribution >= 4 is 34.3 Å². The third kappa shape index (κ3) is 4.24. The molecule has 0 aliphatic carbocycles. The maximum absolute atomic E-state index is 12.5. The van der Waals surface area contributed by atoms with Gasteiger partial charge < -0.3 is 10.3 Å². The zero-order valence-electron chi connectivity index (χ0n) is 17.7. The van der Waals surface area contributed by atoms with Gasteiger partial charge >= 0.3 is 0 Å². The summed E-state index contributed by atoms with van der Waals surface area (Å²) in [5, 5.41) is 6.60. The third-order valence-corrected chi connectivity index (χ3v) is 6.32. The van der Waals surface area contributed by atoms with Crippen LogP contribution in [0.25, 0.3) is 10.9 Å². The van der Waals surface area contributed by atoms with Crippen LogP contribution in [0, 0.1) is 0 Å². The Morgan fingerprint density at radius 3 is 2.61 bits per heavy atom. The van der Waals surface area contributed by atoms with Crippen LogP contribution in [0.3, 0.4) is 0 Å². The lowest BCUT2D eigenvalue weighted by atomic mass is 9.72. The quantitative estimate of drug-likeness (QED) is 0.503. The van der Waals surface area contributed by atoms with Crippen molar-refractivity contribution in [1.82, 2.24) is 10.3 Å². The minimum atomic E-state index is -0.685. The van der Waals surface area contributed by atoms with Crippen LogP contribution in [0.2, 0.25) is 0 Å². The highest BCUT2D eigenvalue weighted by molar-refractivity contribution is 6.03. The standard InChI is InChI=1S/C25H27N3O3/c1-2-25(15-14-23(30)28-24(25)31)18-10-12-19(13-11-18)27-22(29)9-5-6-17-16-26-21-8-4-3-7-20(17)21/h3-4,7-8,10-13,16,26H,2,5-6,9,14-15H2,1H3,(H,27,29)(H,28,30,31). The fourth-order valence-corrected chi connectivity index (χ4v) is 4.44. The molecule has 3 N–H and O–H groups in total. The summed E-state index contributed by atoms with van der Waals surface area (Å²) >= 11 is 0. The molecule has 1 fully saturated rings. The number of hydrogen-bond acceptors (Lipinski definition) is 3. The molecule has 160 valence electrons. The molecule has 31 heavy (non-hydrogen) atoms. The van der Waals surface area contributed by atoms with Crippen LogP contribution in [0.4, 0.5) is 5.69 Å². The van der Waals surface area contributed by atoms with E-state index in [1.165, 1.54) is 10.9 Å². The Balaban J connectivity index is 1.34. The van der Waals surface area contributed by atoms with Crippen molar-refractivity contribution in [2.24, 2.45) is 0 Å². The molecule has 3 aromatic rings. The van der Waals surface area contributed by atoms with Crippen LogP contribution in [-0.2, 0) is 26.2 Å². The van der Waals surface area contributed by atoms with Gasteiger partial charge in [-0.05, 0) is 55.0 Å². The van der Waals surface area contributed by atoms with Crippen molar-refractivity contribution in [3.63, 3.8) is 0 Å². The molecule has 1 aromatic heterocycles. The molecule has 0 bridgehead atoms. The summed E-state index contributed by atoms with van der Waals surface area (Å²) in [4.78, 5) is 39.7. The lowest BCUT2D eigenvalue weighted by Crippen LogP contribution is -2.51. The first-order valence-corrected chi connectivity index (χ1v) is 10.8. The molecule has 2 heterocycles. The molecule has 4 rings (SSSR count). The molecule has 1 aliphatic rings. The molecule has 1 saturated heterocycles. The van der Waals surface area contributed by atoms with E-state index in [4.69, 9.17) is 0 Å². The number of rotatable bonds is 7. The van der Waals surface area contributed by atoms with Gasteiger partial charge in [-0.1, -0.05) is 37.3 Å². The summed E-state index contributed by atoms with van der Waals surface area (Å²) in [6, 6.07) is 15.6. The lowest BCUT2D eigenvalue weighted by Gasteiger charge is -2.35. The van der Waals surface area contributed by atoms with Crippen LogP contribution in [0.15, 0.2) is 54.7 Å². The summed E-state index contributed by atoms with van der Waals surface area (Å²) in [5.41, 5.74) is 3.23. The number of nitrogens with one attached hydrogen (secondary N) is 3. The highest BCUT2D eigenvalue weighted by Gasteiger charge is 2.42. The van der Waals surface area contributed by atoms with Gasteiger partial charge in [-0.3, -0.25) is 19.7 Å². The summed E-state index contributed by atoms with van der Waals surface area (Å²) in [5.74, 6) is -0.482. The number of benzene rings is 2. The Morgan fingerprint density at radius 1 is 1.10 bits per heavy atom. The smallest absolute Gasteiger partial charge is 0.237 e. The minimum Gasteiger partial charge on any atom is -0.361 e. The summed E-state index contributed by atoms with van der Waals surface area (Å²) in [6.07, 6.45) is 5.51. The number of anilines is 1. The van der Waals surface area contributed by atoms with Crippen LogP contribution in [-0.4, -0.2) is 22.7 Å². The van der Waals surface area contributed by atoms with E-state index in [-0.39, 0.29) is 17.7 Å². The van der Waals surface area contributed by atoms with Gasteiger partial charge in [-0.2, -0.15) is 0 Å². The van der Waals surface area contributed by atoms with Gasteiger partial charge in [0.15, 0.2) is 0 Å². The Hall–Kier alpha value is -3.41. The summed E-state index contributed by atoms with van der Waals surface area (Å²) < 4.78 is 0. The number of hydrogen-bond donors (Lipinski definition) is 3. The molecular formula is C25H27N3O3. The van der Waals surface area contributed by atoms with Gasteiger partial charge in [0.2, 0.25) is 17.7 Å². The summed E-state index contributed by atoms with van der Waals surface area (Å²) in [6.45, 7) is 1.96. The van der Waals surface area contributed by atoms with Crippen LogP contribution >= 0.6 is 0 Å². The molecule has 1 unspecified atom stereocenters. The number of carbonyl (C=O) groups is 3. The molecule has 0 radical (unpaired) electrons. The maximum Gasteiger partial charge on any atom is 0.237 e. The van der Waals surface area contributed by atoms with Crippen molar-refractivity contribution < 1.29 is 14.4 Å². The number of H-pyrrole nitrogens is 1. The Kier molecular flexibility index (Phi) is 5.89. The van der Waals surface area contributed by atoms with E-state index in [2.05, 4.69) is 21.7 Å². The van der Waals surface area contributed by atoms with E-state index in [0.29, 0.717) is 31.4 Å². The maximum atomic E-state index is 12.5. The second-order valence-electron chi connectivity index (χ2n) is 8.15. The number of carbonyl (C=O) groups excluding carboxylic acids is 3. The highest BCUT2D eigenvalue weighted by atomic mass is 16.2. The highest BCUT2D eigenvalue weighted by Crippen LogP contribution is 2.36. The molecule has 0 spiro atoms. The number of fused-ring (bicyclic) bond motifs is 1. The van der Waals surface area contributed by atoms with Gasteiger partial charge in [0.1, 0.15) is 0 Å². The van der Waals surface area contributed by atoms with Crippen LogP contribution in [0.1, 0.15) is 50.2 Å². The molecular weight excluding hydrogens is 390 g/mol. The van der Waals surface area contributed by atoms with E-state index in [0.717, 1.165) is 23.9 Å². The third-order valence-electron chi connectivity index (χ3n) is 6.32. The van der Waals surface area contributed by atoms with Crippen molar-refractivity contribution in [2.45, 2.75) is 50.9 Å². The number of imide groups is 1. The van der Waals surface area contributed by atoms with E-state index < -0.39 is 5.41 Å². The van der Waals surface area contributed by atoms with E-state index in [1.54, 1.807) is 0 Å². The van der Waals surface area contributed by atoms with Crippen molar-refractivity contribution in [1.29, 1.82) is 0 Å². The van der Waals surface area contributed by atoms with Gasteiger partial charge in [0.25, 0.3) is 0 Å². The lowest BCUT2D eigenvalue weighted by molar-refractivity contribution is -0.138. The molecule has 2 aromatic carbocycles. The molecule has 6 heteroatoms. The Bertz CT molecular complexity index is 1120. The van der Waals surface area contributed by atoms with Crippen molar-refractivity contribution in [3.05, 3.63) is 65.9 Å².